The van der Waals surface area contributed by atoms with Gasteiger partial charge in [0.05, 0.1) is 6.26 Å². The van der Waals surface area contributed by atoms with Crippen molar-refractivity contribution in [3.63, 3.8) is 0 Å². The van der Waals surface area contributed by atoms with Gasteiger partial charge in [-0.3, -0.25) is 0 Å². The zero-order valence-electron chi connectivity index (χ0n) is 13.6. The number of hydrogen-bond acceptors (Lipinski definition) is 8. The molecule has 25 heavy (non-hydrogen) atoms. The molecule has 0 amide bonds. The number of sulfonamides is 1. The highest BCUT2D eigenvalue weighted by molar-refractivity contribution is 7.89. The van der Waals surface area contributed by atoms with Gasteiger partial charge in [0.15, 0.2) is 11.5 Å². The Labute approximate surface area is 144 Å². The van der Waals surface area contributed by atoms with Gasteiger partial charge in [-0.15, -0.1) is 10.2 Å². The predicted molar refractivity (Wildman–Crippen MR) is 86.4 cm³/mol. The summed E-state index contributed by atoms with van der Waals surface area (Å²) in [4.78, 5) is 0.0510. The van der Waals surface area contributed by atoms with Crippen molar-refractivity contribution in [2.24, 2.45) is 0 Å². The van der Waals surface area contributed by atoms with E-state index in [1.54, 1.807) is 44.4 Å². The third-order valence-electron chi connectivity index (χ3n) is 3.29. The minimum absolute atomic E-state index is 0.0510. The maximum Gasteiger partial charge on any atom is 0.246 e. The Hall–Kier alpha value is -2.72. The Morgan fingerprint density at radius 2 is 2.04 bits per heavy atom. The normalized spacial score (nSPS) is 11.6. The SMILES string of the molecule is Cc1noc(C)c1S(=O)(=O)NCCOc1ccc(-c2ccco2)nn1. The summed E-state index contributed by atoms with van der Waals surface area (Å²) in [5.41, 5.74) is 0.891. The third-order valence-corrected chi connectivity index (χ3v) is 5.00. The van der Waals surface area contributed by atoms with E-state index in [9.17, 15) is 8.42 Å². The van der Waals surface area contributed by atoms with Crippen LogP contribution in [0.3, 0.4) is 0 Å². The van der Waals surface area contributed by atoms with Gasteiger partial charge in [0.2, 0.25) is 15.9 Å². The van der Waals surface area contributed by atoms with Crippen LogP contribution in [-0.4, -0.2) is 36.9 Å². The number of furan rings is 1. The van der Waals surface area contributed by atoms with Crippen molar-refractivity contribution >= 4 is 10.0 Å². The lowest BCUT2D eigenvalue weighted by molar-refractivity contribution is 0.307. The van der Waals surface area contributed by atoms with Crippen molar-refractivity contribution in [3.8, 4) is 17.3 Å². The lowest BCUT2D eigenvalue weighted by Crippen LogP contribution is -2.29. The van der Waals surface area contributed by atoms with Crippen LogP contribution in [0.2, 0.25) is 0 Å². The van der Waals surface area contributed by atoms with E-state index >= 15 is 0 Å². The van der Waals surface area contributed by atoms with Crippen molar-refractivity contribution < 1.29 is 22.1 Å². The molecule has 1 N–H and O–H groups in total. The Morgan fingerprint density at radius 1 is 1.20 bits per heavy atom. The fraction of sp³-hybridized carbons (Fsp3) is 0.267. The van der Waals surface area contributed by atoms with Crippen molar-refractivity contribution in [1.82, 2.24) is 20.1 Å². The first-order chi connectivity index (χ1) is 12.0. The summed E-state index contributed by atoms with van der Waals surface area (Å²) >= 11 is 0. The minimum Gasteiger partial charge on any atom is -0.475 e. The Morgan fingerprint density at radius 3 is 2.64 bits per heavy atom. The molecule has 3 rings (SSSR count). The van der Waals surface area contributed by atoms with Gasteiger partial charge in [-0.1, -0.05) is 5.16 Å². The lowest BCUT2D eigenvalue weighted by atomic mass is 10.3. The van der Waals surface area contributed by atoms with Crippen LogP contribution in [0.4, 0.5) is 0 Å². The van der Waals surface area contributed by atoms with Crippen LogP contribution in [0.25, 0.3) is 11.5 Å². The van der Waals surface area contributed by atoms with Gasteiger partial charge in [0, 0.05) is 12.6 Å². The van der Waals surface area contributed by atoms with E-state index in [0.717, 1.165) is 0 Å². The van der Waals surface area contributed by atoms with Crippen molar-refractivity contribution in [1.29, 1.82) is 0 Å². The van der Waals surface area contributed by atoms with Gasteiger partial charge in [0.25, 0.3) is 0 Å². The summed E-state index contributed by atoms with van der Waals surface area (Å²) in [7, 11) is -3.70. The number of nitrogens with one attached hydrogen (secondary N) is 1. The van der Waals surface area contributed by atoms with Gasteiger partial charge in [-0.25, -0.2) is 13.1 Å². The molecule has 0 saturated carbocycles. The maximum absolute atomic E-state index is 12.2. The van der Waals surface area contributed by atoms with E-state index in [1.165, 1.54) is 0 Å². The second-order valence-electron chi connectivity index (χ2n) is 5.13. The molecule has 0 bridgehead atoms. The Bertz CT molecular complexity index is 913. The van der Waals surface area contributed by atoms with Crippen molar-refractivity contribution in [2.45, 2.75) is 18.7 Å². The van der Waals surface area contributed by atoms with E-state index in [-0.39, 0.29) is 29.7 Å². The monoisotopic (exact) mass is 364 g/mol. The Kier molecular flexibility index (Phi) is 4.81. The lowest BCUT2D eigenvalue weighted by Gasteiger charge is -2.07. The highest BCUT2D eigenvalue weighted by Gasteiger charge is 2.23. The molecule has 3 heterocycles. The van der Waals surface area contributed by atoms with Crippen LogP contribution in [0.5, 0.6) is 5.88 Å². The standard InChI is InChI=1S/C15H16N4O5S/c1-10-15(11(2)24-19-10)25(20,21)16-7-9-23-14-6-5-12(17-18-14)13-4-3-8-22-13/h3-6,8,16H,7,9H2,1-2H3. The first-order valence-electron chi connectivity index (χ1n) is 7.40. The molecule has 0 aliphatic rings. The molecule has 0 atom stereocenters. The van der Waals surface area contributed by atoms with Crippen LogP contribution in [-0.2, 0) is 10.0 Å². The van der Waals surface area contributed by atoms with E-state index in [1.807, 2.05) is 0 Å². The zero-order valence-corrected chi connectivity index (χ0v) is 14.4. The summed E-state index contributed by atoms with van der Waals surface area (Å²) in [5.74, 6) is 1.13. The van der Waals surface area contributed by atoms with E-state index in [4.69, 9.17) is 13.7 Å². The topological polar surface area (TPSA) is 120 Å². The molecule has 3 aromatic heterocycles. The predicted octanol–water partition coefficient (Wildman–Crippen LogP) is 1.70. The second-order valence-corrected chi connectivity index (χ2v) is 6.84. The fourth-order valence-electron chi connectivity index (χ4n) is 2.21. The van der Waals surface area contributed by atoms with Gasteiger partial charge in [-0.05, 0) is 32.0 Å². The molecular formula is C15H16N4O5S. The summed E-state index contributed by atoms with van der Waals surface area (Å²) in [6.45, 7) is 3.27. The zero-order chi connectivity index (χ0) is 17.9. The average Bonchev–Trinajstić information content (AvgIpc) is 3.22. The van der Waals surface area contributed by atoms with Crippen molar-refractivity contribution in [2.75, 3.05) is 13.2 Å². The number of hydrogen-bond donors (Lipinski definition) is 1. The molecule has 0 radical (unpaired) electrons. The van der Waals surface area contributed by atoms with Gasteiger partial charge in [0.1, 0.15) is 22.9 Å². The Balaban J connectivity index is 1.53. The third kappa shape index (κ3) is 3.86. The van der Waals surface area contributed by atoms with Crippen LogP contribution in [0.1, 0.15) is 11.5 Å². The molecular weight excluding hydrogens is 348 g/mol. The van der Waals surface area contributed by atoms with Crippen LogP contribution < -0.4 is 9.46 Å². The summed E-state index contributed by atoms with van der Waals surface area (Å²) in [6.07, 6.45) is 1.55. The molecule has 0 aliphatic carbocycles. The smallest absolute Gasteiger partial charge is 0.246 e. The molecule has 0 spiro atoms. The molecule has 0 aliphatic heterocycles. The number of ether oxygens (including phenoxy) is 1. The molecule has 3 aromatic rings. The molecule has 132 valence electrons. The number of rotatable bonds is 7. The molecule has 0 saturated heterocycles. The number of nitrogens with zero attached hydrogens (tertiary/aromatic N) is 3. The van der Waals surface area contributed by atoms with Crippen molar-refractivity contribution in [3.05, 3.63) is 42.0 Å². The first-order valence-corrected chi connectivity index (χ1v) is 8.88. The highest BCUT2D eigenvalue weighted by Crippen LogP contribution is 2.19. The van der Waals surface area contributed by atoms with E-state index < -0.39 is 10.0 Å². The quantitative estimate of drug-likeness (QED) is 0.629. The summed E-state index contributed by atoms with van der Waals surface area (Å²) in [5, 5.41) is 11.5. The molecule has 0 aromatic carbocycles. The molecule has 9 nitrogen and oxygen atoms in total. The highest BCUT2D eigenvalue weighted by atomic mass is 32.2. The maximum atomic E-state index is 12.2. The van der Waals surface area contributed by atoms with Gasteiger partial charge in [-0.2, -0.15) is 0 Å². The van der Waals surface area contributed by atoms with E-state index in [0.29, 0.717) is 17.1 Å². The minimum atomic E-state index is -3.70. The van der Waals surface area contributed by atoms with Crippen LogP contribution in [0, 0.1) is 13.8 Å². The first kappa shape index (κ1) is 17.1. The van der Waals surface area contributed by atoms with Gasteiger partial charge < -0.3 is 13.7 Å². The average molecular weight is 364 g/mol. The fourth-order valence-corrected chi connectivity index (χ4v) is 3.55. The van der Waals surface area contributed by atoms with E-state index in [2.05, 4.69) is 20.1 Å². The summed E-state index contributed by atoms with van der Waals surface area (Å²) in [6, 6.07) is 6.86. The second kappa shape index (κ2) is 7.03. The number of aryl methyl sites for hydroxylation is 2. The van der Waals surface area contributed by atoms with Crippen LogP contribution in [0.15, 0.2) is 44.4 Å². The van der Waals surface area contributed by atoms with Gasteiger partial charge >= 0.3 is 0 Å². The van der Waals surface area contributed by atoms with Crippen LogP contribution >= 0.6 is 0 Å². The number of aromatic nitrogens is 3. The summed E-state index contributed by atoms with van der Waals surface area (Å²) < 4.78 is 42.3. The largest absolute Gasteiger partial charge is 0.475 e. The molecule has 10 heteroatoms. The molecule has 0 fully saturated rings. The molecule has 0 unspecified atom stereocenters.